The molecule has 0 aliphatic carbocycles. The first-order valence-corrected chi connectivity index (χ1v) is 7.70. The maximum Gasteiger partial charge on any atom is 0.120 e. The lowest BCUT2D eigenvalue weighted by Gasteiger charge is -2.21. The summed E-state index contributed by atoms with van der Waals surface area (Å²) in [4.78, 5) is 2.21. The maximum absolute atomic E-state index is 5.28. The lowest BCUT2D eigenvalue weighted by atomic mass is 10.1. The van der Waals surface area contributed by atoms with Gasteiger partial charge in [0.15, 0.2) is 0 Å². The number of benzene rings is 2. The molecule has 0 spiro atoms. The predicted octanol–water partition coefficient (Wildman–Crippen LogP) is 3.81. The van der Waals surface area contributed by atoms with Gasteiger partial charge in [0.2, 0.25) is 0 Å². The molecular formula is C17H21BrN2O. The molecule has 0 aliphatic heterocycles. The van der Waals surface area contributed by atoms with Crippen molar-refractivity contribution in [2.45, 2.75) is 13.1 Å². The Kier molecular flexibility index (Phi) is 5.65. The highest BCUT2D eigenvalue weighted by Crippen LogP contribution is 2.24. The number of hydrogen-bond acceptors (Lipinski definition) is 3. The van der Waals surface area contributed by atoms with Gasteiger partial charge >= 0.3 is 0 Å². The van der Waals surface area contributed by atoms with Crippen LogP contribution in [0.25, 0.3) is 0 Å². The molecule has 1 N–H and O–H groups in total. The smallest absolute Gasteiger partial charge is 0.120 e. The molecular weight excluding hydrogens is 328 g/mol. The predicted molar refractivity (Wildman–Crippen MR) is 92.0 cm³/mol. The summed E-state index contributed by atoms with van der Waals surface area (Å²) in [6.45, 7) is 1.72. The summed E-state index contributed by atoms with van der Waals surface area (Å²) in [5.74, 6) is 0.878. The average molecular weight is 349 g/mol. The van der Waals surface area contributed by atoms with E-state index in [9.17, 15) is 0 Å². The van der Waals surface area contributed by atoms with Gasteiger partial charge in [-0.15, -0.1) is 0 Å². The zero-order chi connectivity index (χ0) is 15.2. The third-order valence-corrected chi connectivity index (χ3v) is 4.14. The normalized spacial score (nSPS) is 10.5. The second-order valence-corrected chi connectivity index (χ2v) is 5.87. The van der Waals surface area contributed by atoms with Gasteiger partial charge in [0, 0.05) is 36.4 Å². The van der Waals surface area contributed by atoms with E-state index in [4.69, 9.17) is 4.74 Å². The van der Waals surface area contributed by atoms with Crippen molar-refractivity contribution in [1.82, 2.24) is 5.32 Å². The van der Waals surface area contributed by atoms with Crippen molar-refractivity contribution in [2.75, 3.05) is 26.1 Å². The molecule has 2 aromatic carbocycles. The van der Waals surface area contributed by atoms with Crippen molar-refractivity contribution in [2.24, 2.45) is 0 Å². The SMILES string of the molecule is CNCc1ccc(CN(C)c2cccc(OC)c2)c(Br)c1. The minimum absolute atomic E-state index is 0.841. The number of halogens is 1. The van der Waals surface area contributed by atoms with Crippen LogP contribution < -0.4 is 15.0 Å². The van der Waals surface area contributed by atoms with Gasteiger partial charge in [0.25, 0.3) is 0 Å². The molecule has 0 amide bonds. The second-order valence-electron chi connectivity index (χ2n) is 5.01. The zero-order valence-electron chi connectivity index (χ0n) is 12.7. The van der Waals surface area contributed by atoms with Crippen LogP contribution in [0.2, 0.25) is 0 Å². The fourth-order valence-electron chi connectivity index (χ4n) is 2.23. The molecule has 0 aromatic heterocycles. The Labute approximate surface area is 135 Å². The van der Waals surface area contributed by atoms with E-state index in [2.05, 4.69) is 57.5 Å². The van der Waals surface area contributed by atoms with Crippen LogP contribution in [0.5, 0.6) is 5.75 Å². The molecule has 3 nitrogen and oxygen atoms in total. The van der Waals surface area contributed by atoms with Crippen molar-refractivity contribution in [3.8, 4) is 5.75 Å². The molecule has 0 heterocycles. The van der Waals surface area contributed by atoms with Crippen LogP contribution >= 0.6 is 15.9 Å². The van der Waals surface area contributed by atoms with Crippen LogP contribution in [0, 0.1) is 0 Å². The highest BCUT2D eigenvalue weighted by atomic mass is 79.9. The van der Waals surface area contributed by atoms with Gasteiger partial charge in [-0.3, -0.25) is 0 Å². The van der Waals surface area contributed by atoms with E-state index in [0.29, 0.717) is 0 Å². The third kappa shape index (κ3) is 4.22. The van der Waals surface area contributed by atoms with Crippen molar-refractivity contribution in [3.05, 3.63) is 58.1 Å². The summed E-state index contributed by atoms with van der Waals surface area (Å²) >= 11 is 3.67. The Balaban J connectivity index is 2.13. The molecule has 0 radical (unpaired) electrons. The topological polar surface area (TPSA) is 24.5 Å². The molecule has 0 bridgehead atoms. The Bertz CT molecular complexity index is 601. The summed E-state index contributed by atoms with van der Waals surface area (Å²) in [7, 11) is 5.73. The Morgan fingerprint density at radius 3 is 2.67 bits per heavy atom. The number of nitrogens with zero attached hydrogens (tertiary/aromatic N) is 1. The zero-order valence-corrected chi connectivity index (χ0v) is 14.3. The first kappa shape index (κ1) is 15.9. The van der Waals surface area contributed by atoms with Gasteiger partial charge in [-0.1, -0.05) is 34.1 Å². The summed E-state index contributed by atoms with van der Waals surface area (Å²) in [6, 6.07) is 14.6. The first-order chi connectivity index (χ1) is 10.1. The van der Waals surface area contributed by atoms with E-state index in [-0.39, 0.29) is 0 Å². The average Bonchev–Trinajstić information content (AvgIpc) is 2.50. The number of methoxy groups -OCH3 is 1. The van der Waals surface area contributed by atoms with Crippen molar-refractivity contribution in [3.63, 3.8) is 0 Å². The number of nitrogens with one attached hydrogen (secondary N) is 1. The van der Waals surface area contributed by atoms with Crippen LogP contribution in [0.15, 0.2) is 46.9 Å². The van der Waals surface area contributed by atoms with E-state index < -0.39 is 0 Å². The lowest BCUT2D eigenvalue weighted by Crippen LogP contribution is -2.16. The van der Waals surface area contributed by atoms with E-state index >= 15 is 0 Å². The van der Waals surface area contributed by atoms with Gasteiger partial charge in [-0.05, 0) is 36.4 Å². The van der Waals surface area contributed by atoms with Crippen molar-refractivity contribution < 1.29 is 4.74 Å². The number of hydrogen-bond donors (Lipinski definition) is 1. The molecule has 0 aliphatic rings. The van der Waals surface area contributed by atoms with Gasteiger partial charge in [0.05, 0.1) is 7.11 Å². The van der Waals surface area contributed by atoms with Crippen LogP contribution in [-0.2, 0) is 13.1 Å². The number of anilines is 1. The molecule has 21 heavy (non-hydrogen) atoms. The van der Waals surface area contributed by atoms with Gasteiger partial charge in [-0.2, -0.15) is 0 Å². The number of rotatable bonds is 6. The van der Waals surface area contributed by atoms with Crippen LogP contribution in [0.4, 0.5) is 5.69 Å². The Morgan fingerprint density at radius 2 is 2.00 bits per heavy atom. The Hall–Kier alpha value is -1.52. The minimum Gasteiger partial charge on any atom is -0.497 e. The fourth-order valence-corrected chi connectivity index (χ4v) is 2.78. The summed E-state index contributed by atoms with van der Waals surface area (Å²) in [5, 5.41) is 3.16. The summed E-state index contributed by atoms with van der Waals surface area (Å²) in [6.07, 6.45) is 0. The first-order valence-electron chi connectivity index (χ1n) is 6.91. The number of ether oxygens (including phenoxy) is 1. The maximum atomic E-state index is 5.28. The van der Waals surface area contributed by atoms with E-state index in [1.54, 1.807) is 7.11 Å². The minimum atomic E-state index is 0.841. The van der Waals surface area contributed by atoms with E-state index in [1.807, 2.05) is 25.2 Å². The molecule has 0 fully saturated rings. The molecule has 0 atom stereocenters. The second kappa shape index (κ2) is 7.48. The molecule has 0 saturated carbocycles. The van der Waals surface area contributed by atoms with Gasteiger partial charge in [0.1, 0.15) is 5.75 Å². The van der Waals surface area contributed by atoms with E-state index in [0.717, 1.165) is 29.0 Å². The monoisotopic (exact) mass is 348 g/mol. The molecule has 0 saturated heterocycles. The highest BCUT2D eigenvalue weighted by molar-refractivity contribution is 9.10. The molecule has 0 unspecified atom stereocenters. The fraction of sp³-hybridized carbons (Fsp3) is 0.294. The standard InChI is InChI=1S/C17H21BrN2O/c1-19-11-13-7-8-14(17(18)9-13)12-20(2)15-5-4-6-16(10-15)21-3/h4-10,19H,11-12H2,1-3H3. The van der Waals surface area contributed by atoms with Gasteiger partial charge in [-0.25, -0.2) is 0 Å². The summed E-state index contributed by atoms with van der Waals surface area (Å²) in [5.41, 5.74) is 3.68. The van der Waals surface area contributed by atoms with Gasteiger partial charge < -0.3 is 15.0 Å². The largest absolute Gasteiger partial charge is 0.497 e. The molecule has 112 valence electrons. The van der Waals surface area contributed by atoms with E-state index in [1.165, 1.54) is 11.1 Å². The Morgan fingerprint density at radius 1 is 1.19 bits per heavy atom. The van der Waals surface area contributed by atoms with Crippen molar-refractivity contribution in [1.29, 1.82) is 0 Å². The van der Waals surface area contributed by atoms with Crippen LogP contribution in [0.3, 0.4) is 0 Å². The van der Waals surface area contributed by atoms with Crippen molar-refractivity contribution >= 4 is 21.6 Å². The molecule has 4 heteroatoms. The van der Waals surface area contributed by atoms with Crippen LogP contribution in [-0.4, -0.2) is 21.2 Å². The lowest BCUT2D eigenvalue weighted by molar-refractivity contribution is 0.415. The quantitative estimate of drug-likeness (QED) is 0.858. The van der Waals surface area contributed by atoms with Crippen LogP contribution in [0.1, 0.15) is 11.1 Å². The molecule has 2 aromatic rings. The summed E-state index contributed by atoms with van der Waals surface area (Å²) < 4.78 is 6.42. The molecule has 2 rings (SSSR count). The third-order valence-electron chi connectivity index (χ3n) is 3.40. The highest BCUT2D eigenvalue weighted by Gasteiger charge is 2.07.